The third kappa shape index (κ3) is 3.41. The fourth-order valence-electron chi connectivity index (χ4n) is 3.02. The number of benzene rings is 1. The SMILES string of the molecule is COCCOC(=O)C1=C(C)N=C2S[C@@H](C)C(=O)N2[C@H]1c1ccc(C)cc1. The molecule has 3 rings (SSSR count). The van der Waals surface area contributed by atoms with Gasteiger partial charge < -0.3 is 9.47 Å². The molecule has 0 N–H and O–H groups in total. The lowest BCUT2D eigenvalue weighted by Crippen LogP contribution is -2.40. The number of amides is 1. The Hall–Kier alpha value is -2.12. The number of allylic oxidation sites excluding steroid dienone is 1. The number of nitrogens with zero attached hydrogens (tertiary/aromatic N) is 2. The number of aryl methyl sites for hydroxylation is 1. The summed E-state index contributed by atoms with van der Waals surface area (Å²) in [4.78, 5) is 31.6. The van der Waals surface area contributed by atoms with Crippen LogP contribution in [0.15, 0.2) is 40.5 Å². The van der Waals surface area contributed by atoms with Crippen molar-refractivity contribution in [2.75, 3.05) is 20.3 Å². The summed E-state index contributed by atoms with van der Waals surface area (Å²) < 4.78 is 10.3. The van der Waals surface area contributed by atoms with Gasteiger partial charge in [0.1, 0.15) is 6.61 Å². The van der Waals surface area contributed by atoms with Crippen LogP contribution < -0.4 is 0 Å². The van der Waals surface area contributed by atoms with Gasteiger partial charge in [0.05, 0.1) is 29.2 Å². The monoisotopic (exact) mass is 374 g/mol. The van der Waals surface area contributed by atoms with Gasteiger partial charge in [-0.15, -0.1) is 0 Å². The molecule has 1 saturated heterocycles. The molecule has 0 aliphatic carbocycles. The Balaban J connectivity index is 2.03. The van der Waals surface area contributed by atoms with E-state index in [0.29, 0.717) is 23.0 Å². The van der Waals surface area contributed by atoms with E-state index in [4.69, 9.17) is 9.47 Å². The van der Waals surface area contributed by atoms with Gasteiger partial charge in [-0.25, -0.2) is 9.79 Å². The molecule has 0 radical (unpaired) electrons. The highest BCUT2D eigenvalue weighted by atomic mass is 32.2. The number of rotatable bonds is 5. The molecule has 1 aromatic carbocycles. The van der Waals surface area contributed by atoms with E-state index in [-0.39, 0.29) is 17.8 Å². The minimum atomic E-state index is -0.525. The minimum absolute atomic E-state index is 0.0472. The molecule has 0 unspecified atom stereocenters. The number of aliphatic imine (C=N–C) groups is 1. The number of esters is 1. The molecule has 26 heavy (non-hydrogen) atoms. The summed E-state index contributed by atoms with van der Waals surface area (Å²) >= 11 is 1.42. The van der Waals surface area contributed by atoms with E-state index in [9.17, 15) is 9.59 Å². The molecule has 1 amide bonds. The number of hydrogen-bond acceptors (Lipinski definition) is 6. The normalized spacial score (nSPS) is 22.4. The highest BCUT2D eigenvalue weighted by Crippen LogP contribution is 2.43. The zero-order chi connectivity index (χ0) is 18.8. The van der Waals surface area contributed by atoms with Crippen LogP contribution in [0.1, 0.15) is 31.0 Å². The topological polar surface area (TPSA) is 68.2 Å². The summed E-state index contributed by atoms with van der Waals surface area (Å²) in [5, 5.41) is 0.414. The van der Waals surface area contributed by atoms with Crippen molar-refractivity contribution in [2.24, 2.45) is 4.99 Å². The van der Waals surface area contributed by atoms with Gasteiger partial charge in [0, 0.05) is 7.11 Å². The lowest BCUT2D eigenvalue weighted by Gasteiger charge is -2.33. The fourth-order valence-corrected chi connectivity index (χ4v) is 4.05. The zero-order valence-corrected chi connectivity index (χ0v) is 16.1. The maximum Gasteiger partial charge on any atom is 0.338 e. The van der Waals surface area contributed by atoms with E-state index in [2.05, 4.69) is 4.99 Å². The van der Waals surface area contributed by atoms with Crippen LogP contribution in [0.5, 0.6) is 0 Å². The van der Waals surface area contributed by atoms with Gasteiger partial charge in [-0.1, -0.05) is 41.6 Å². The number of carbonyl (C=O) groups is 2. The molecule has 1 aromatic rings. The highest BCUT2D eigenvalue weighted by molar-refractivity contribution is 8.15. The number of methoxy groups -OCH3 is 1. The van der Waals surface area contributed by atoms with Crippen molar-refractivity contribution in [3.05, 3.63) is 46.7 Å². The number of hydrogen-bond donors (Lipinski definition) is 0. The Kier molecular flexibility index (Phi) is 5.48. The van der Waals surface area contributed by atoms with Crippen LogP contribution in [-0.4, -0.2) is 47.5 Å². The van der Waals surface area contributed by atoms with Gasteiger partial charge in [-0.3, -0.25) is 9.69 Å². The van der Waals surface area contributed by atoms with Crippen molar-refractivity contribution in [1.82, 2.24) is 4.90 Å². The van der Waals surface area contributed by atoms with Crippen molar-refractivity contribution >= 4 is 28.8 Å². The van der Waals surface area contributed by atoms with Crippen LogP contribution >= 0.6 is 11.8 Å². The van der Waals surface area contributed by atoms with Crippen molar-refractivity contribution in [1.29, 1.82) is 0 Å². The van der Waals surface area contributed by atoms with Crippen LogP contribution in [0.4, 0.5) is 0 Å². The van der Waals surface area contributed by atoms with Gasteiger partial charge in [-0.2, -0.15) is 0 Å². The second-order valence-electron chi connectivity index (χ2n) is 6.30. The molecular formula is C19H22N2O4S. The van der Waals surface area contributed by atoms with Crippen molar-refractivity contribution in [3.63, 3.8) is 0 Å². The van der Waals surface area contributed by atoms with Crippen molar-refractivity contribution in [3.8, 4) is 0 Å². The molecule has 2 aliphatic heterocycles. The first-order chi connectivity index (χ1) is 12.4. The van der Waals surface area contributed by atoms with Gasteiger partial charge in [0.25, 0.3) is 0 Å². The number of ether oxygens (including phenoxy) is 2. The molecule has 138 valence electrons. The van der Waals surface area contributed by atoms with E-state index in [1.165, 1.54) is 11.8 Å². The van der Waals surface area contributed by atoms with E-state index < -0.39 is 12.0 Å². The fraction of sp³-hybridized carbons (Fsp3) is 0.421. The first kappa shape index (κ1) is 18.7. The van der Waals surface area contributed by atoms with Crippen LogP contribution in [0.25, 0.3) is 0 Å². The summed E-state index contributed by atoms with van der Waals surface area (Å²) in [5.41, 5.74) is 2.96. The number of fused-ring (bicyclic) bond motifs is 1. The van der Waals surface area contributed by atoms with E-state index >= 15 is 0 Å². The third-order valence-electron chi connectivity index (χ3n) is 4.39. The summed E-state index contributed by atoms with van der Waals surface area (Å²) in [6, 6.07) is 7.31. The van der Waals surface area contributed by atoms with Gasteiger partial charge >= 0.3 is 5.97 Å². The van der Waals surface area contributed by atoms with Crippen LogP contribution in [0.3, 0.4) is 0 Å². The molecule has 7 heteroatoms. The van der Waals surface area contributed by atoms with E-state index in [1.807, 2.05) is 38.1 Å². The van der Waals surface area contributed by atoms with Crippen LogP contribution in [0.2, 0.25) is 0 Å². The predicted octanol–water partition coefficient (Wildman–Crippen LogP) is 2.83. The first-order valence-electron chi connectivity index (χ1n) is 8.46. The first-order valence-corrected chi connectivity index (χ1v) is 9.33. The Morgan fingerprint density at radius 3 is 2.58 bits per heavy atom. The van der Waals surface area contributed by atoms with Gasteiger partial charge in [-0.05, 0) is 26.3 Å². The lowest BCUT2D eigenvalue weighted by molar-refractivity contribution is -0.141. The summed E-state index contributed by atoms with van der Waals surface area (Å²) in [6.45, 7) is 6.11. The maximum atomic E-state index is 12.8. The average Bonchev–Trinajstić information content (AvgIpc) is 2.88. The molecule has 0 saturated carbocycles. The average molecular weight is 374 g/mol. The molecule has 2 heterocycles. The zero-order valence-electron chi connectivity index (χ0n) is 15.3. The number of thioether (sulfide) groups is 1. The second-order valence-corrected chi connectivity index (χ2v) is 7.61. The second kappa shape index (κ2) is 7.63. The molecule has 0 spiro atoms. The largest absolute Gasteiger partial charge is 0.460 e. The maximum absolute atomic E-state index is 12.8. The highest BCUT2D eigenvalue weighted by Gasteiger charge is 2.46. The summed E-state index contributed by atoms with van der Waals surface area (Å²) in [5.74, 6) is -0.515. The molecule has 6 nitrogen and oxygen atoms in total. The molecule has 1 fully saturated rings. The minimum Gasteiger partial charge on any atom is -0.460 e. The Morgan fingerprint density at radius 1 is 1.23 bits per heavy atom. The standard InChI is InChI=1S/C19H22N2O4S/c1-11-5-7-14(8-6-11)16-15(18(23)25-10-9-24-4)12(2)20-19-21(16)17(22)13(3)26-19/h5-8,13,16H,9-10H2,1-4H3/t13-,16-/m0/s1. The van der Waals surface area contributed by atoms with Crippen LogP contribution in [-0.2, 0) is 19.1 Å². The quantitative estimate of drug-likeness (QED) is 0.586. The Bertz CT molecular complexity index is 785. The molecular weight excluding hydrogens is 352 g/mol. The lowest BCUT2D eigenvalue weighted by atomic mass is 9.93. The number of carbonyl (C=O) groups excluding carboxylic acids is 2. The molecule has 2 atom stereocenters. The van der Waals surface area contributed by atoms with Crippen molar-refractivity contribution < 1.29 is 19.1 Å². The Labute approximate surface area is 157 Å². The number of amidine groups is 1. The molecule has 0 aromatic heterocycles. The molecule has 2 aliphatic rings. The third-order valence-corrected chi connectivity index (χ3v) is 5.45. The van der Waals surface area contributed by atoms with E-state index in [0.717, 1.165) is 11.1 Å². The van der Waals surface area contributed by atoms with Crippen LogP contribution in [0, 0.1) is 6.92 Å². The van der Waals surface area contributed by atoms with Gasteiger partial charge in [0.15, 0.2) is 5.17 Å². The Morgan fingerprint density at radius 2 is 1.92 bits per heavy atom. The summed E-state index contributed by atoms with van der Waals surface area (Å²) in [7, 11) is 1.55. The smallest absolute Gasteiger partial charge is 0.338 e. The van der Waals surface area contributed by atoms with E-state index in [1.54, 1.807) is 18.9 Å². The predicted molar refractivity (Wildman–Crippen MR) is 101 cm³/mol. The van der Waals surface area contributed by atoms with Crippen molar-refractivity contribution in [2.45, 2.75) is 32.1 Å². The molecule has 0 bridgehead atoms. The summed E-state index contributed by atoms with van der Waals surface area (Å²) in [6.07, 6.45) is 0. The van der Waals surface area contributed by atoms with Gasteiger partial charge in [0.2, 0.25) is 5.91 Å².